The SMILES string of the molecule is O=C(O)[C@H](Oc1ccc(F)cc1)c1ccc(C(F)(F)F)cc1. The van der Waals surface area contributed by atoms with Gasteiger partial charge in [0, 0.05) is 5.56 Å². The van der Waals surface area contributed by atoms with Gasteiger partial charge in [0.05, 0.1) is 5.56 Å². The van der Waals surface area contributed by atoms with Gasteiger partial charge in [0.25, 0.3) is 0 Å². The Morgan fingerprint density at radius 1 is 1.00 bits per heavy atom. The van der Waals surface area contributed by atoms with Crippen LogP contribution in [0.15, 0.2) is 48.5 Å². The number of carboxylic acids is 1. The molecule has 0 aliphatic carbocycles. The van der Waals surface area contributed by atoms with Crippen LogP contribution in [0.25, 0.3) is 0 Å². The zero-order valence-electron chi connectivity index (χ0n) is 11.0. The summed E-state index contributed by atoms with van der Waals surface area (Å²) >= 11 is 0. The van der Waals surface area contributed by atoms with E-state index in [1.165, 1.54) is 12.1 Å². The minimum absolute atomic E-state index is 0.0461. The zero-order chi connectivity index (χ0) is 16.3. The molecule has 116 valence electrons. The number of rotatable bonds is 4. The number of benzene rings is 2. The molecule has 0 aliphatic heterocycles. The highest BCUT2D eigenvalue weighted by Crippen LogP contribution is 2.31. The van der Waals surface area contributed by atoms with E-state index in [2.05, 4.69) is 0 Å². The largest absolute Gasteiger partial charge is 0.478 e. The molecular formula is C15H10F4O3. The Kier molecular flexibility index (Phi) is 4.35. The molecule has 0 unspecified atom stereocenters. The molecule has 1 N–H and O–H groups in total. The fourth-order valence-corrected chi connectivity index (χ4v) is 1.76. The van der Waals surface area contributed by atoms with E-state index in [4.69, 9.17) is 9.84 Å². The van der Waals surface area contributed by atoms with Gasteiger partial charge < -0.3 is 9.84 Å². The summed E-state index contributed by atoms with van der Waals surface area (Å²) in [7, 11) is 0. The lowest BCUT2D eigenvalue weighted by Crippen LogP contribution is -2.18. The lowest BCUT2D eigenvalue weighted by atomic mass is 10.1. The van der Waals surface area contributed by atoms with Crippen molar-refractivity contribution in [3.05, 3.63) is 65.5 Å². The summed E-state index contributed by atoms with van der Waals surface area (Å²) in [6.07, 6.45) is -6.00. The maximum absolute atomic E-state index is 12.8. The highest BCUT2D eigenvalue weighted by molar-refractivity contribution is 5.74. The zero-order valence-corrected chi connectivity index (χ0v) is 11.0. The molecule has 0 bridgehead atoms. The second kappa shape index (κ2) is 6.05. The first-order chi connectivity index (χ1) is 10.3. The summed E-state index contributed by atoms with van der Waals surface area (Å²) in [6.45, 7) is 0. The van der Waals surface area contributed by atoms with Crippen molar-refractivity contribution in [2.75, 3.05) is 0 Å². The molecule has 22 heavy (non-hydrogen) atoms. The summed E-state index contributed by atoms with van der Waals surface area (Å²) in [6, 6.07) is 8.25. The molecule has 0 spiro atoms. The second-order valence-corrected chi connectivity index (χ2v) is 4.41. The molecule has 0 saturated carbocycles. The number of halogens is 4. The fraction of sp³-hybridized carbons (Fsp3) is 0.133. The van der Waals surface area contributed by atoms with E-state index in [-0.39, 0.29) is 11.3 Å². The molecule has 2 rings (SSSR count). The quantitative estimate of drug-likeness (QED) is 0.866. The van der Waals surface area contributed by atoms with Crippen LogP contribution in [-0.4, -0.2) is 11.1 Å². The number of carbonyl (C=O) groups is 1. The van der Waals surface area contributed by atoms with Gasteiger partial charge in [0.2, 0.25) is 6.10 Å². The molecule has 1 atom stereocenters. The number of hydrogen-bond acceptors (Lipinski definition) is 2. The molecule has 0 radical (unpaired) electrons. The Bertz CT molecular complexity index is 648. The molecule has 2 aromatic carbocycles. The number of aliphatic carboxylic acids is 1. The molecule has 2 aromatic rings. The number of ether oxygens (including phenoxy) is 1. The van der Waals surface area contributed by atoms with Crippen molar-refractivity contribution in [3.8, 4) is 5.75 Å². The van der Waals surface area contributed by atoms with E-state index in [1.807, 2.05) is 0 Å². The molecule has 7 heteroatoms. The van der Waals surface area contributed by atoms with E-state index >= 15 is 0 Å². The number of alkyl halides is 3. The number of hydrogen-bond donors (Lipinski definition) is 1. The van der Waals surface area contributed by atoms with E-state index in [9.17, 15) is 22.4 Å². The Hall–Kier alpha value is -2.57. The summed E-state index contributed by atoms with van der Waals surface area (Å²) < 4.78 is 55.4. The van der Waals surface area contributed by atoms with Gasteiger partial charge in [-0.2, -0.15) is 13.2 Å². The predicted octanol–water partition coefficient (Wildman–Crippen LogP) is 4.05. The average Bonchev–Trinajstić information content (AvgIpc) is 2.45. The molecule has 3 nitrogen and oxygen atoms in total. The first-order valence-electron chi connectivity index (χ1n) is 6.09. The minimum Gasteiger partial charge on any atom is -0.478 e. The van der Waals surface area contributed by atoms with Gasteiger partial charge in [-0.15, -0.1) is 0 Å². The highest BCUT2D eigenvalue weighted by Gasteiger charge is 2.31. The van der Waals surface area contributed by atoms with Crippen LogP contribution in [0, 0.1) is 5.82 Å². The van der Waals surface area contributed by atoms with Crippen LogP contribution in [0.5, 0.6) is 5.75 Å². The van der Waals surface area contributed by atoms with Crippen LogP contribution in [0.3, 0.4) is 0 Å². The number of carboxylic acid groups (broad SMARTS) is 1. The summed E-state index contributed by atoms with van der Waals surface area (Å²) in [5.41, 5.74) is -0.841. The Morgan fingerprint density at radius 2 is 1.55 bits per heavy atom. The molecule has 0 amide bonds. The van der Waals surface area contributed by atoms with Crippen LogP contribution in [0.4, 0.5) is 17.6 Å². The van der Waals surface area contributed by atoms with E-state index < -0.39 is 29.6 Å². The van der Waals surface area contributed by atoms with Crippen LogP contribution in [0.1, 0.15) is 17.2 Å². The Balaban J connectivity index is 2.24. The maximum Gasteiger partial charge on any atom is 0.416 e. The maximum atomic E-state index is 12.8. The van der Waals surface area contributed by atoms with Crippen molar-refractivity contribution < 1.29 is 32.2 Å². The first kappa shape index (κ1) is 15.8. The average molecular weight is 314 g/mol. The third kappa shape index (κ3) is 3.75. The molecule has 0 fully saturated rings. The smallest absolute Gasteiger partial charge is 0.416 e. The Morgan fingerprint density at radius 3 is 2.00 bits per heavy atom. The first-order valence-corrected chi connectivity index (χ1v) is 6.09. The van der Waals surface area contributed by atoms with E-state index in [0.717, 1.165) is 36.4 Å². The highest BCUT2D eigenvalue weighted by atomic mass is 19.4. The monoisotopic (exact) mass is 314 g/mol. The molecule has 0 aliphatic rings. The second-order valence-electron chi connectivity index (χ2n) is 4.41. The Labute approximate surface area is 122 Å². The van der Waals surface area contributed by atoms with Crippen molar-refractivity contribution >= 4 is 5.97 Å². The van der Waals surface area contributed by atoms with Crippen LogP contribution < -0.4 is 4.74 Å². The van der Waals surface area contributed by atoms with Gasteiger partial charge >= 0.3 is 12.1 Å². The van der Waals surface area contributed by atoms with Crippen molar-refractivity contribution in [1.29, 1.82) is 0 Å². The lowest BCUT2D eigenvalue weighted by molar-refractivity contribution is -0.145. The summed E-state index contributed by atoms with van der Waals surface area (Å²) in [5.74, 6) is -1.80. The van der Waals surface area contributed by atoms with Crippen molar-refractivity contribution in [2.45, 2.75) is 12.3 Å². The van der Waals surface area contributed by atoms with Crippen molar-refractivity contribution in [2.24, 2.45) is 0 Å². The molecule has 0 aromatic heterocycles. The summed E-state index contributed by atoms with van der Waals surface area (Å²) in [5, 5.41) is 9.15. The van der Waals surface area contributed by atoms with Crippen LogP contribution in [-0.2, 0) is 11.0 Å². The molecule has 0 saturated heterocycles. The van der Waals surface area contributed by atoms with Crippen molar-refractivity contribution in [1.82, 2.24) is 0 Å². The van der Waals surface area contributed by atoms with Crippen LogP contribution in [0.2, 0.25) is 0 Å². The van der Waals surface area contributed by atoms with Gasteiger partial charge in [0.1, 0.15) is 11.6 Å². The van der Waals surface area contributed by atoms with E-state index in [1.54, 1.807) is 0 Å². The standard InChI is InChI=1S/C15H10F4O3/c16-11-5-7-12(8-6-11)22-13(14(20)21)9-1-3-10(4-2-9)15(17,18)19/h1-8,13H,(H,20,21)/t13-/m1/s1. The van der Waals surface area contributed by atoms with Gasteiger partial charge in [0.15, 0.2) is 0 Å². The fourth-order valence-electron chi connectivity index (χ4n) is 1.76. The third-order valence-electron chi connectivity index (χ3n) is 2.83. The van der Waals surface area contributed by atoms with Gasteiger partial charge in [-0.1, -0.05) is 12.1 Å². The topological polar surface area (TPSA) is 46.5 Å². The molecule has 0 heterocycles. The summed E-state index contributed by atoms with van der Waals surface area (Å²) in [4.78, 5) is 11.2. The van der Waals surface area contributed by atoms with Gasteiger partial charge in [-0.25, -0.2) is 9.18 Å². The van der Waals surface area contributed by atoms with Crippen molar-refractivity contribution in [3.63, 3.8) is 0 Å². The minimum atomic E-state index is -4.50. The van der Waals surface area contributed by atoms with Gasteiger partial charge in [-0.05, 0) is 36.4 Å². The van der Waals surface area contributed by atoms with Crippen LogP contribution >= 0.6 is 0 Å². The third-order valence-corrected chi connectivity index (χ3v) is 2.83. The normalized spacial score (nSPS) is 12.7. The van der Waals surface area contributed by atoms with E-state index in [0.29, 0.717) is 0 Å². The van der Waals surface area contributed by atoms with Gasteiger partial charge in [-0.3, -0.25) is 0 Å². The molecular weight excluding hydrogens is 304 g/mol. The lowest BCUT2D eigenvalue weighted by Gasteiger charge is -2.16. The predicted molar refractivity (Wildman–Crippen MR) is 68.8 cm³/mol.